The van der Waals surface area contributed by atoms with Gasteiger partial charge >= 0.3 is 8.80 Å². The second-order valence-electron chi connectivity index (χ2n) is 4.06. The molecule has 6 nitrogen and oxygen atoms in total. The van der Waals surface area contributed by atoms with Gasteiger partial charge in [-0.2, -0.15) is 0 Å². The molecule has 1 aromatic rings. The lowest BCUT2D eigenvalue weighted by Crippen LogP contribution is -2.42. The van der Waals surface area contributed by atoms with E-state index in [9.17, 15) is 10.2 Å². The third-order valence-corrected chi connectivity index (χ3v) is 5.95. The van der Waals surface area contributed by atoms with Crippen LogP contribution in [0, 0.1) is 0 Å². The van der Waals surface area contributed by atoms with Crippen molar-refractivity contribution >= 4 is 8.80 Å². The van der Waals surface area contributed by atoms with Gasteiger partial charge in [-0.25, -0.2) is 0 Å². The van der Waals surface area contributed by atoms with Gasteiger partial charge in [-0.15, -0.1) is 0 Å². The molecule has 18 heavy (non-hydrogen) atoms. The van der Waals surface area contributed by atoms with Gasteiger partial charge < -0.3 is 23.5 Å². The Balaban J connectivity index is 2.58. The lowest BCUT2D eigenvalue weighted by atomic mass is 10.2. The molecule has 2 N–H and O–H groups in total. The Labute approximate surface area is 108 Å². The van der Waals surface area contributed by atoms with Gasteiger partial charge in [0, 0.05) is 46.1 Å². The van der Waals surface area contributed by atoms with Crippen LogP contribution in [0.2, 0.25) is 6.04 Å². The molecule has 0 saturated carbocycles. The van der Waals surface area contributed by atoms with Crippen molar-refractivity contribution in [3.05, 3.63) is 11.6 Å². The molecule has 0 atom stereocenters. The third-order valence-electron chi connectivity index (χ3n) is 3.11. The Kier molecular flexibility index (Phi) is 5.21. The molecule has 1 heterocycles. The first kappa shape index (κ1) is 15.0. The molecule has 0 bridgehead atoms. The average Bonchev–Trinajstić information content (AvgIpc) is 2.63. The predicted octanol–water partition coefficient (Wildman–Crippen LogP) is 1.25. The molecule has 1 aromatic heterocycles. The second kappa shape index (κ2) is 6.23. The minimum atomic E-state index is -2.55. The summed E-state index contributed by atoms with van der Waals surface area (Å²) in [5.74, 6) is 0.142. The predicted molar refractivity (Wildman–Crippen MR) is 68.7 cm³/mol. The Hall–Kier alpha value is -1.02. The van der Waals surface area contributed by atoms with E-state index in [1.165, 1.54) is 4.57 Å². The van der Waals surface area contributed by atoms with Gasteiger partial charge in [0.1, 0.15) is 0 Å². The maximum Gasteiger partial charge on any atom is 0.500 e. The SMILES string of the molecule is CO[Si](CCCc1cc(O)n(C)c1O)(OC)OC. The van der Waals surface area contributed by atoms with Crippen molar-refractivity contribution in [3.63, 3.8) is 0 Å². The minimum Gasteiger partial charge on any atom is -0.494 e. The van der Waals surface area contributed by atoms with Crippen LogP contribution >= 0.6 is 0 Å². The summed E-state index contributed by atoms with van der Waals surface area (Å²) < 4.78 is 17.3. The van der Waals surface area contributed by atoms with E-state index in [0.29, 0.717) is 18.0 Å². The van der Waals surface area contributed by atoms with E-state index in [0.717, 1.165) is 6.42 Å². The molecular formula is C11H21NO5Si. The lowest BCUT2D eigenvalue weighted by Gasteiger charge is -2.24. The quantitative estimate of drug-likeness (QED) is 0.733. The van der Waals surface area contributed by atoms with Crippen LogP contribution < -0.4 is 0 Å². The molecule has 0 aliphatic heterocycles. The number of nitrogens with zero attached hydrogens (tertiary/aromatic N) is 1. The van der Waals surface area contributed by atoms with Crippen LogP contribution in [0.3, 0.4) is 0 Å². The standard InChI is InChI=1S/C11H21NO5Si/c1-12-10(13)8-9(11(12)14)6-5-7-18(15-2,16-3)17-4/h8,13-14H,5-7H2,1-4H3. The third kappa shape index (κ3) is 3.05. The molecule has 0 radical (unpaired) electrons. The number of aromatic hydroxyl groups is 2. The van der Waals surface area contributed by atoms with Crippen molar-refractivity contribution in [3.8, 4) is 11.8 Å². The largest absolute Gasteiger partial charge is 0.500 e. The summed E-state index contributed by atoms with van der Waals surface area (Å²) in [6, 6.07) is 2.22. The molecule has 0 aliphatic rings. The summed E-state index contributed by atoms with van der Waals surface area (Å²) >= 11 is 0. The normalized spacial score (nSPS) is 12.0. The molecule has 0 aromatic carbocycles. The highest BCUT2D eigenvalue weighted by Crippen LogP contribution is 2.28. The molecule has 0 saturated heterocycles. The molecule has 104 valence electrons. The van der Waals surface area contributed by atoms with Gasteiger partial charge in [0.2, 0.25) is 0 Å². The monoisotopic (exact) mass is 275 g/mol. The van der Waals surface area contributed by atoms with E-state index >= 15 is 0 Å². The second-order valence-corrected chi connectivity index (χ2v) is 7.15. The van der Waals surface area contributed by atoms with Crippen molar-refractivity contribution in [2.24, 2.45) is 7.05 Å². The van der Waals surface area contributed by atoms with Gasteiger partial charge in [-0.3, -0.25) is 4.57 Å². The molecule has 0 unspecified atom stereocenters. The van der Waals surface area contributed by atoms with E-state index in [4.69, 9.17) is 13.3 Å². The molecule has 0 spiro atoms. The molecule has 7 heteroatoms. The zero-order chi connectivity index (χ0) is 13.8. The summed E-state index contributed by atoms with van der Waals surface area (Å²) in [5, 5.41) is 19.2. The summed E-state index contributed by atoms with van der Waals surface area (Å²) in [6.07, 6.45) is 1.38. The summed E-state index contributed by atoms with van der Waals surface area (Å²) in [7, 11) is 3.78. The van der Waals surface area contributed by atoms with Gasteiger partial charge in [0.05, 0.1) is 0 Å². The summed E-state index contributed by atoms with van der Waals surface area (Å²) in [6.45, 7) is 0. The summed E-state index contributed by atoms with van der Waals surface area (Å²) in [4.78, 5) is 0. The van der Waals surface area contributed by atoms with Crippen LogP contribution in [0.15, 0.2) is 6.07 Å². The fraction of sp³-hybridized carbons (Fsp3) is 0.636. The maximum absolute atomic E-state index is 9.74. The first-order valence-electron chi connectivity index (χ1n) is 5.71. The smallest absolute Gasteiger partial charge is 0.494 e. The lowest BCUT2D eigenvalue weighted by molar-refractivity contribution is 0.123. The van der Waals surface area contributed by atoms with Crippen LogP contribution in [-0.4, -0.2) is 44.9 Å². The number of hydrogen-bond acceptors (Lipinski definition) is 5. The zero-order valence-electron chi connectivity index (χ0n) is 11.3. The van der Waals surface area contributed by atoms with Gasteiger partial charge in [-0.05, 0) is 12.8 Å². The highest BCUT2D eigenvalue weighted by molar-refractivity contribution is 6.60. The van der Waals surface area contributed by atoms with E-state index < -0.39 is 8.80 Å². The van der Waals surface area contributed by atoms with Crippen molar-refractivity contribution in [1.82, 2.24) is 4.57 Å². The first-order valence-corrected chi connectivity index (χ1v) is 7.65. The Bertz CT molecular complexity index is 381. The van der Waals surface area contributed by atoms with Crippen LogP contribution in [0.25, 0.3) is 0 Å². The van der Waals surface area contributed by atoms with Gasteiger partial charge in [-0.1, -0.05) is 0 Å². The van der Waals surface area contributed by atoms with E-state index in [-0.39, 0.29) is 11.8 Å². The topological polar surface area (TPSA) is 73.1 Å². The van der Waals surface area contributed by atoms with Crippen molar-refractivity contribution in [1.29, 1.82) is 0 Å². The molecule has 0 amide bonds. The average molecular weight is 275 g/mol. The molecule has 1 rings (SSSR count). The zero-order valence-corrected chi connectivity index (χ0v) is 12.3. The van der Waals surface area contributed by atoms with Crippen molar-refractivity contribution in [2.75, 3.05) is 21.3 Å². The number of rotatable bonds is 7. The molecule has 0 aliphatic carbocycles. The molecular weight excluding hydrogens is 254 g/mol. The highest BCUT2D eigenvalue weighted by atomic mass is 28.4. The molecule has 0 fully saturated rings. The van der Waals surface area contributed by atoms with Crippen LogP contribution in [0.5, 0.6) is 11.8 Å². The Morgan fingerprint density at radius 1 is 1.17 bits per heavy atom. The summed E-state index contributed by atoms with van der Waals surface area (Å²) in [5.41, 5.74) is 0.709. The van der Waals surface area contributed by atoms with Gasteiger partial charge in [0.25, 0.3) is 0 Å². The van der Waals surface area contributed by atoms with E-state index in [1.54, 1.807) is 34.4 Å². The first-order chi connectivity index (χ1) is 8.49. The fourth-order valence-corrected chi connectivity index (χ4v) is 3.60. The number of hydrogen-bond donors (Lipinski definition) is 2. The number of aryl methyl sites for hydroxylation is 1. The number of aromatic nitrogens is 1. The highest BCUT2D eigenvalue weighted by Gasteiger charge is 2.36. The van der Waals surface area contributed by atoms with E-state index in [1.807, 2.05) is 0 Å². The maximum atomic E-state index is 9.74. The van der Waals surface area contributed by atoms with Crippen LogP contribution in [-0.2, 0) is 26.7 Å². The minimum absolute atomic E-state index is 0.0521. The van der Waals surface area contributed by atoms with Gasteiger partial charge in [0.15, 0.2) is 11.8 Å². The van der Waals surface area contributed by atoms with E-state index in [2.05, 4.69) is 0 Å². The van der Waals surface area contributed by atoms with Crippen LogP contribution in [0.1, 0.15) is 12.0 Å². The fourth-order valence-electron chi connectivity index (χ4n) is 1.88. The van der Waals surface area contributed by atoms with Crippen molar-refractivity contribution < 1.29 is 23.5 Å². The van der Waals surface area contributed by atoms with Crippen LogP contribution in [0.4, 0.5) is 0 Å². The van der Waals surface area contributed by atoms with Crippen molar-refractivity contribution in [2.45, 2.75) is 18.9 Å². The Morgan fingerprint density at radius 3 is 2.11 bits per heavy atom. The Morgan fingerprint density at radius 2 is 1.72 bits per heavy atom.